The van der Waals surface area contributed by atoms with Gasteiger partial charge in [0.2, 0.25) is 5.91 Å². The van der Waals surface area contributed by atoms with Gasteiger partial charge in [-0.3, -0.25) is 9.35 Å². The van der Waals surface area contributed by atoms with Gasteiger partial charge in [0.1, 0.15) is 4.75 Å². The minimum absolute atomic E-state index is 0.120. The highest BCUT2D eigenvalue weighted by Gasteiger charge is 2.56. The van der Waals surface area contributed by atoms with Gasteiger partial charge in [-0.25, -0.2) is 0 Å². The molecule has 154 valence electrons. The van der Waals surface area contributed by atoms with E-state index in [4.69, 9.17) is 0 Å². The predicted molar refractivity (Wildman–Crippen MR) is 107 cm³/mol. The number of anilines is 1. The molecule has 3 aliphatic rings. The van der Waals surface area contributed by atoms with Crippen molar-refractivity contribution >= 4 is 21.7 Å². The molecule has 2 saturated carbocycles. The zero-order valence-corrected chi connectivity index (χ0v) is 17.2. The van der Waals surface area contributed by atoms with E-state index >= 15 is 0 Å². The summed E-state index contributed by atoms with van der Waals surface area (Å²) in [6.45, 7) is 2.72. The molecule has 1 aromatic carbocycles. The fraction of sp³-hybridized carbons (Fsp3) is 0.667. The molecule has 7 heteroatoms. The molecule has 1 aliphatic heterocycles. The van der Waals surface area contributed by atoms with Crippen molar-refractivity contribution in [3.63, 3.8) is 0 Å². The molecule has 4 rings (SSSR count). The topological polar surface area (TPSA) is 94.9 Å². The fourth-order valence-corrected chi connectivity index (χ4v) is 6.25. The van der Waals surface area contributed by atoms with E-state index < -0.39 is 20.5 Å². The minimum Gasteiger partial charge on any atom is -0.390 e. The average Bonchev–Trinajstić information content (AvgIpc) is 3.41. The van der Waals surface area contributed by atoms with Gasteiger partial charge in [0, 0.05) is 12.2 Å². The summed E-state index contributed by atoms with van der Waals surface area (Å²) in [4.78, 5) is 15.0. The second kappa shape index (κ2) is 6.54. The van der Waals surface area contributed by atoms with Crippen LogP contribution in [0.15, 0.2) is 24.3 Å². The van der Waals surface area contributed by atoms with Crippen molar-refractivity contribution < 1.29 is 22.9 Å². The number of nitrogens with zero attached hydrogens (tertiary/aromatic N) is 1. The summed E-state index contributed by atoms with van der Waals surface area (Å²) in [6, 6.07) is 7.01. The molecule has 2 aliphatic carbocycles. The van der Waals surface area contributed by atoms with Crippen LogP contribution in [-0.4, -0.2) is 36.1 Å². The third kappa shape index (κ3) is 3.08. The first-order valence-corrected chi connectivity index (χ1v) is 11.7. The maximum Gasteiger partial charge on any atom is 0.274 e. The van der Waals surface area contributed by atoms with Gasteiger partial charge in [-0.15, -0.1) is 0 Å². The number of amides is 1. The van der Waals surface area contributed by atoms with Crippen LogP contribution in [0.1, 0.15) is 70.3 Å². The van der Waals surface area contributed by atoms with Crippen molar-refractivity contribution in [1.82, 2.24) is 0 Å². The van der Waals surface area contributed by atoms with E-state index in [-0.39, 0.29) is 11.3 Å². The summed E-state index contributed by atoms with van der Waals surface area (Å²) in [5.41, 5.74) is 0.364. The van der Waals surface area contributed by atoms with Crippen molar-refractivity contribution in [3.8, 4) is 0 Å². The lowest BCUT2D eigenvalue weighted by Crippen LogP contribution is -2.43. The third-order valence-electron chi connectivity index (χ3n) is 7.27. The van der Waals surface area contributed by atoms with Crippen LogP contribution in [0.3, 0.4) is 0 Å². The van der Waals surface area contributed by atoms with Crippen LogP contribution in [-0.2, 0) is 19.7 Å². The van der Waals surface area contributed by atoms with E-state index in [0.29, 0.717) is 37.8 Å². The van der Waals surface area contributed by atoms with Crippen molar-refractivity contribution in [2.75, 3.05) is 11.4 Å². The molecule has 3 fully saturated rings. The number of aliphatic hydroxyl groups is 1. The van der Waals surface area contributed by atoms with Gasteiger partial charge in [0.05, 0.1) is 11.0 Å². The molecule has 1 heterocycles. The Morgan fingerprint density at radius 2 is 1.61 bits per heavy atom. The Morgan fingerprint density at radius 3 is 2.11 bits per heavy atom. The molecule has 0 bridgehead atoms. The molecule has 1 aromatic rings. The second-order valence-corrected chi connectivity index (χ2v) is 10.7. The molecule has 1 amide bonds. The quantitative estimate of drug-likeness (QED) is 0.730. The van der Waals surface area contributed by atoms with Crippen LogP contribution in [0.25, 0.3) is 0 Å². The molecule has 28 heavy (non-hydrogen) atoms. The predicted octanol–water partition coefficient (Wildman–Crippen LogP) is 3.39. The van der Waals surface area contributed by atoms with Gasteiger partial charge in [-0.1, -0.05) is 25.5 Å². The van der Waals surface area contributed by atoms with Crippen LogP contribution in [0.2, 0.25) is 0 Å². The zero-order chi connectivity index (χ0) is 20.2. The molecular formula is C21H29NO5S. The van der Waals surface area contributed by atoms with E-state index in [1.54, 1.807) is 29.2 Å². The highest BCUT2D eigenvalue weighted by Crippen LogP contribution is 2.53. The summed E-state index contributed by atoms with van der Waals surface area (Å²) in [5.74, 6) is 0.120. The van der Waals surface area contributed by atoms with Gasteiger partial charge in [-0.05, 0) is 69.1 Å². The number of hydrogen-bond donors (Lipinski definition) is 2. The summed E-state index contributed by atoms with van der Waals surface area (Å²) >= 11 is 0. The molecule has 1 saturated heterocycles. The van der Waals surface area contributed by atoms with Gasteiger partial charge >= 0.3 is 0 Å². The van der Waals surface area contributed by atoms with E-state index in [9.17, 15) is 22.9 Å². The van der Waals surface area contributed by atoms with Gasteiger partial charge in [-0.2, -0.15) is 8.42 Å². The fourth-order valence-electron chi connectivity index (χ4n) is 5.19. The number of carbonyl (C=O) groups excluding carboxylic acids is 1. The van der Waals surface area contributed by atoms with Crippen LogP contribution in [0.5, 0.6) is 0 Å². The summed E-state index contributed by atoms with van der Waals surface area (Å²) in [5, 5.41) is 10.7. The van der Waals surface area contributed by atoms with E-state index in [2.05, 4.69) is 6.92 Å². The maximum absolute atomic E-state index is 13.2. The number of benzene rings is 1. The first-order valence-electron chi connectivity index (χ1n) is 10.3. The van der Waals surface area contributed by atoms with Crippen molar-refractivity contribution in [3.05, 3.63) is 29.8 Å². The first-order chi connectivity index (χ1) is 13.1. The largest absolute Gasteiger partial charge is 0.390 e. The Labute approximate surface area is 166 Å². The maximum atomic E-state index is 13.2. The number of carbonyl (C=O) groups is 1. The molecule has 0 aromatic heterocycles. The Balaban J connectivity index is 1.49. The van der Waals surface area contributed by atoms with Crippen molar-refractivity contribution in [2.24, 2.45) is 5.41 Å². The molecular weight excluding hydrogens is 378 g/mol. The monoisotopic (exact) mass is 407 g/mol. The van der Waals surface area contributed by atoms with E-state index in [0.717, 1.165) is 37.8 Å². The highest BCUT2D eigenvalue weighted by atomic mass is 32.2. The van der Waals surface area contributed by atoms with Crippen molar-refractivity contribution in [2.45, 2.75) is 75.1 Å². The summed E-state index contributed by atoms with van der Waals surface area (Å²) in [7, 11) is -4.13. The third-order valence-corrected chi connectivity index (χ3v) is 8.90. The second-order valence-electron chi connectivity index (χ2n) is 8.98. The van der Waals surface area contributed by atoms with Gasteiger partial charge < -0.3 is 10.0 Å². The lowest BCUT2D eigenvalue weighted by molar-refractivity contribution is -0.130. The lowest BCUT2D eigenvalue weighted by Gasteiger charge is -2.41. The van der Waals surface area contributed by atoms with Crippen LogP contribution >= 0.6 is 0 Å². The molecule has 6 nitrogen and oxygen atoms in total. The SMILES string of the molecule is CCC[C@]1(O)CC[C@]2(CCN(c3ccc(C4(S(=O)(=O)O)CC4)cc3)C2=O)CC1. The summed E-state index contributed by atoms with van der Waals surface area (Å²) in [6.07, 6.45) is 6.19. The Hall–Kier alpha value is -1.44. The molecule has 1 spiro atoms. The van der Waals surface area contributed by atoms with Crippen molar-refractivity contribution in [1.29, 1.82) is 0 Å². The smallest absolute Gasteiger partial charge is 0.274 e. The minimum atomic E-state index is -4.13. The van der Waals surface area contributed by atoms with Crippen LogP contribution < -0.4 is 4.90 Å². The Morgan fingerprint density at radius 1 is 1.00 bits per heavy atom. The first kappa shape index (κ1) is 19.9. The standard InChI is InChI=1S/C21H29NO5S/c1-2-7-20(24)10-8-19(9-11-20)14-15-22(18(19)23)17-5-3-16(4-6-17)21(12-13-21)28(25,26)27/h3-6,24H,2,7-15H2,1H3,(H,25,26,27)/t19-,20+. The summed E-state index contributed by atoms with van der Waals surface area (Å²) < 4.78 is 31.7. The lowest BCUT2D eigenvalue weighted by atomic mass is 9.67. The Kier molecular flexibility index (Phi) is 4.64. The number of hydrogen-bond acceptors (Lipinski definition) is 4. The normalized spacial score (nSPS) is 32.1. The number of rotatable bonds is 5. The Bertz CT molecular complexity index is 865. The average molecular weight is 408 g/mol. The van der Waals surface area contributed by atoms with Gasteiger partial charge in [0.15, 0.2) is 0 Å². The van der Waals surface area contributed by atoms with Crippen LogP contribution in [0.4, 0.5) is 5.69 Å². The molecule has 2 N–H and O–H groups in total. The van der Waals surface area contributed by atoms with E-state index in [1.807, 2.05) is 0 Å². The highest BCUT2D eigenvalue weighted by molar-refractivity contribution is 7.87. The van der Waals surface area contributed by atoms with Gasteiger partial charge in [0.25, 0.3) is 10.1 Å². The van der Waals surface area contributed by atoms with Crippen LogP contribution in [0, 0.1) is 5.41 Å². The molecule has 0 unspecified atom stereocenters. The molecule has 0 radical (unpaired) electrons. The van der Waals surface area contributed by atoms with E-state index in [1.165, 1.54) is 0 Å². The molecule has 0 atom stereocenters. The zero-order valence-electron chi connectivity index (χ0n) is 16.4.